The van der Waals surface area contributed by atoms with Crippen molar-refractivity contribution in [2.24, 2.45) is 5.73 Å². The number of ether oxygens (including phenoxy) is 1. The van der Waals surface area contributed by atoms with Gasteiger partial charge in [-0.1, -0.05) is 23.2 Å². The zero-order valence-corrected chi connectivity index (χ0v) is 16.4. The molecule has 2 aromatic heterocycles. The fourth-order valence-electron chi connectivity index (χ4n) is 2.85. The van der Waals surface area contributed by atoms with Crippen LogP contribution in [0.4, 0.5) is 0 Å². The normalized spacial score (nSPS) is 11.0. The summed E-state index contributed by atoms with van der Waals surface area (Å²) in [7, 11) is 0. The van der Waals surface area contributed by atoms with Crippen molar-refractivity contribution in [3.63, 3.8) is 0 Å². The summed E-state index contributed by atoms with van der Waals surface area (Å²) in [5.41, 5.74) is 7.24. The highest BCUT2D eigenvalue weighted by molar-refractivity contribution is 6.37. The van der Waals surface area contributed by atoms with E-state index in [1.807, 2.05) is 25.1 Å². The maximum absolute atomic E-state index is 11.9. The first-order valence-electron chi connectivity index (χ1n) is 8.26. The number of aryl methyl sites for hydroxylation is 1. The van der Waals surface area contributed by atoms with Crippen molar-refractivity contribution >= 4 is 40.0 Å². The molecule has 0 fully saturated rings. The molecule has 8 nitrogen and oxygen atoms in total. The molecule has 0 saturated heterocycles. The number of benzene rings is 2. The third kappa shape index (κ3) is 3.43. The quantitative estimate of drug-likeness (QED) is 0.525. The molecule has 2 heterocycles. The molecule has 0 unspecified atom stereocenters. The van der Waals surface area contributed by atoms with Crippen LogP contribution in [0.15, 0.2) is 51.9 Å². The maximum atomic E-state index is 11.9. The number of rotatable bonds is 4. The summed E-state index contributed by atoms with van der Waals surface area (Å²) in [6.07, 6.45) is 1.73. The van der Waals surface area contributed by atoms with Crippen molar-refractivity contribution in [1.29, 1.82) is 0 Å². The lowest BCUT2D eigenvalue weighted by molar-refractivity contribution is 0.0985. The minimum atomic E-state index is -0.941. The Morgan fingerprint density at radius 3 is 2.59 bits per heavy atom. The summed E-state index contributed by atoms with van der Waals surface area (Å²) in [6, 6.07) is 10.1. The van der Waals surface area contributed by atoms with Gasteiger partial charge in [-0.25, -0.2) is 9.36 Å². The van der Waals surface area contributed by atoms with Gasteiger partial charge in [0.1, 0.15) is 5.75 Å². The van der Waals surface area contributed by atoms with Crippen LogP contribution in [-0.4, -0.2) is 20.6 Å². The number of hydrogen-bond donors (Lipinski definition) is 1. The van der Waals surface area contributed by atoms with Gasteiger partial charge in [-0.3, -0.25) is 14.3 Å². The number of hydrogen-bond acceptors (Lipinski definition) is 6. The number of amides is 1. The fraction of sp³-hybridized carbons (Fsp3) is 0.0526. The SMILES string of the molecule is Cc1ccnc2ccc(Oc3c(Cl)cc(-n4c(C(N)=O)noc4=O)cc3Cl)cc12. The molecule has 4 rings (SSSR count). The monoisotopic (exact) mass is 430 g/mol. The fourth-order valence-corrected chi connectivity index (χ4v) is 3.40. The van der Waals surface area contributed by atoms with Crippen LogP contribution in [0.25, 0.3) is 16.6 Å². The first-order chi connectivity index (χ1) is 13.8. The summed E-state index contributed by atoms with van der Waals surface area (Å²) < 4.78 is 11.2. The lowest BCUT2D eigenvalue weighted by Crippen LogP contribution is -2.22. The third-order valence-corrected chi connectivity index (χ3v) is 4.78. The molecule has 0 aliphatic carbocycles. The molecule has 0 atom stereocenters. The first-order valence-corrected chi connectivity index (χ1v) is 9.02. The molecule has 2 N–H and O–H groups in total. The topological polar surface area (TPSA) is 113 Å². The lowest BCUT2D eigenvalue weighted by Gasteiger charge is -2.12. The Kier molecular flexibility index (Phi) is 4.73. The van der Waals surface area contributed by atoms with Crippen LogP contribution in [-0.2, 0) is 0 Å². The Morgan fingerprint density at radius 1 is 1.17 bits per heavy atom. The van der Waals surface area contributed by atoms with Gasteiger partial charge in [0.2, 0.25) is 5.82 Å². The molecular formula is C19H12Cl2N4O4. The van der Waals surface area contributed by atoms with E-state index in [0.717, 1.165) is 21.0 Å². The van der Waals surface area contributed by atoms with Gasteiger partial charge in [-0.15, -0.1) is 0 Å². The van der Waals surface area contributed by atoms with Crippen molar-refractivity contribution in [1.82, 2.24) is 14.7 Å². The number of carbonyl (C=O) groups excluding carboxylic acids is 1. The number of pyridine rings is 1. The Balaban J connectivity index is 1.76. The van der Waals surface area contributed by atoms with Gasteiger partial charge in [-0.05, 0) is 54.0 Å². The Bertz CT molecular complexity index is 1310. The van der Waals surface area contributed by atoms with E-state index < -0.39 is 11.7 Å². The lowest BCUT2D eigenvalue weighted by atomic mass is 10.1. The van der Waals surface area contributed by atoms with E-state index in [4.69, 9.17) is 33.7 Å². The molecular weight excluding hydrogens is 419 g/mol. The predicted molar refractivity (Wildman–Crippen MR) is 107 cm³/mol. The number of aromatic nitrogens is 3. The summed E-state index contributed by atoms with van der Waals surface area (Å²) in [5, 5.41) is 4.50. The molecule has 2 aromatic carbocycles. The van der Waals surface area contributed by atoms with Gasteiger partial charge < -0.3 is 10.5 Å². The van der Waals surface area contributed by atoms with Gasteiger partial charge in [-0.2, -0.15) is 0 Å². The zero-order chi connectivity index (χ0) is 20.7. The number of nitrogens with zero attached hydrogens (tertiary/aromatic N) is 3. The number of nitrogens with two attached hydrogens (primary N) is 1. The molecule has 0 bridgehead atoms. The smallest absolute Gasteiger partial charge is 0.446 e. The van der Waals surface area contributed by atoms with E-state index in [1.165, 1.54) is 12.1 Å². The van der Waals surface area contributed by atoms with Crippen molar-refractivity contribution in [2.45, 2.75) is 6.92 Å². The number of fused-ring (bicyclic) bond motifs is 1. The molecule has 0 radical (unpaired) electrons. The van der Waals surface area contributed by atoms with Crippen molar-refractivity contribution < 1.29 is 14.1 Å². The van der Waals surface area contributed by atoms with Crippen LogP contribution in [0.5, 0.6) is 11.5 Å². The van der Waals surface area contributed by atoms with Crippen LogP contribution < -0.4 is 16.2 Å². The first kappa shape index (κ1) is 19.0. The summed E-state index contributed by atoms with van der Waals surface area (Å²) in [5.74, 6) is -1.54. The molecule has 1 amide bonds. The maximum Gasteiger partial charge on any atom is 0.446 e. The van der Waals surface area contributed by atoms with Gasteiger partial charge in [0, 0.05) is 11.6 Å². The van der Waals surface area contributed by atoms with Gasteiger partial charge >= 0.3 is 5.76 Å². The minimum Gasteiger partial charge on any atom is -0.454 e. The van der Waals surface area contributed by atoms with Crippen LogP contribution in [0.3, 0.4) is 0 Å². The van der Waals surface area contributed by atoms with E-state index in [-0.39, 0.29) is 27.3 Å². The van der Waals surface area contributed by atoms with Crippen LogP contribution in [0.1, 0.15) is 16.2 Å². The highest BCUT2D eigenvalue weighted by atomic mass is 35.5. The molecule has 0 aliphatic heterocycles. The van der Waals surface area contributed by atoms with E-state index in [2.05, 4.69) is 14.7 Å². The molecule has 0 spiro atoms. The Morgan fingerprint density at radius 2 is 1.90 bits per heavy atom. The molecule has 4 aromatic rings. The van der Waals surface area contributed by atoms with Gasteiger partial charge in [0.05, 0.1) is 21.2 Å². The average molecular weight is 431 g/mol. The molecule has 146 valence electrons. The largest absolute Gasteiger partial charge is 0.454 e. The second kappa shape index (κ2) is 7.23. The van der Waals surface area contributed by atoms with E-state index >= 15 is 0 Å². The third-order valence-electron chi connectivity index (χ3n) is 4.22. The van der Waals surface area contributed by atoms with Crippen molar-refractivity contribution in [3.8, 4) is 17.2 Å². The molecule has 10 heteroatoms. The highest BCUT2D eigenvalue weighted by Crippen LogP contribution is 2.39. The van der Waals surface area contributed by atoms with Crippen LogP contribution >= 0.6 is 23.2 Å². The summed E-state index contributed by atoms with van der Waals surface area (Å²) in [4.78, 5) is 27.7. The molecule has 0 saturated carbocycles. The summed E-state index contributed by atoms with van der Waals surface area (Å²) in [6.45, 7) is 1.97. The Hall–Kier alpha value is -3.36. The second-order valence-electron chi connectivity index (χ2n) is 6.12. The average Bonchev–Trinajstić information content (AvgIpc) is 3.07. The second-order valence-corrected chi connectivity index (χ2v) is 6.93. The number of carbonyl (C=O) groups is 1. The van der Waals surface area contributed by atoms with Crippen LogP contribution in [0, 0.1) is 6.92 Å². The van der Waals surface area contributed by atoms with E-state index in [9.17, 15) is 9.59 Å². The van der Waals surface area contributed by atoms with Crippen LogP contribution in [0.2, 0.25) is 10.0 Å². The highest BCUT2D eigenvalue weighted by Gasteiger charge is 2.20. The molecule has 0 aliphatic rings. The zero-order valence-electron chi connectivity index (χ0n) is 14.8. The number of primary amides is 1. The predicted octanol–water partition coefficient (Wildman–Crippen LogP) is 3.88. The standard InChI is InChI=1S/C19H12Cl2N4O4/c1-9-4-5-23-15-3-2-11(8-12(9)15)28-16-13(20)6-10(7-14(16)21)25-18(17(22)26)24-29-19(25)27/h2-8H,1H3,(H2,22,26). The van der Waals surface area contributed by atoms with E-state index in [1.54, 1.807) is 12.3 Å². The number of halogens is 2. The van der Waals surface area contributed by atoms with Crippen molar-refractivity contribution in [3.05, 3.63) is 74.6 Å². The van der Waals surface area contributed by atoms with Gasteiger partial charge in [0.25, 0.3) is 5.91 Å². The summed E-state index contributed by atoms with van der Waals surface area (Å²) >= 11 is 12.7. The Labute approximate surface area is 173 Å². The minimum absolute atomic E-state index is 0.110. The van der Waals surface area contributed by atoms with Crippen molar-refractivity contribution in [2.75, 3.05) is 0 Å². The van der Waals surface area contributed by atoms with E-state index in [0.29, 0.717) is 5.75 Å². The van der Waals surface area contributed by atoms with Gasteiger partial charge in [0.15, 0.2) is 5.75 Å². The molecule has 29 heavy (non-hydrogen) atoms.